The Hall–Kier alpha value is -0.700. The summed E-state index contributed by atoms with van der Waals surface area (Å²) in [5.74, 6) is 1.91. The van der Waals surface area contributed by atoms with Gasteiger partial charge in [-0.05, 0) is 30.5 Å². The average molecular weight is 596 g/mol. The smallest absolute Gasteiger partial charge is 0.123 e. The lowest BCUT2D eigenvalue weighted by Crippen LogP contribution is -2.01. The van der Waals surface area contributed by atoms with E-state index < -0.39 is 0 Å². The van der Waals surface area contributed by atoms with E-state index in [-0.39, 0.29) is 0 Å². The summed E-state index contributed by atoms with van der Waals surface area (Å²) in [6, 6.07) is 6.37. The third-order valence-corrected chi connectivity index (χ3v) is 8.27. The quantitative estimate of drug-likeness (QED) is 0.0677. The maximum atomic E-state index is 6.10. The van der Waals surface area contributed by atoms with E-state index in [1.807, 2.05) is 0 Å². The van der Waals surface area contributed by atoms with E-state index in [0.717, 1.165) is 42.9 Å². The van der Waals surface area contributed by atoms with Crippen LogP contribution in [0, 0.1) is 0 Å². The van der Waals surface area contributed by atoms with Crippen LogP contribution in [0.2, 0.25) is 0 Å². The number of rotatable bonds is 29. The predicted octanol–water partition coefficient (Wildman–Crippen LogP) is 12.7. The van der Waals surface area contributed by atoms with E-state index in [0.29, 0.717) is 0 Å². The van der Waals surface area contributed by atoms with Crippen molar-refractivity contribution >= 4 is 15.9 Å². The molecule has 0 aromatic heterocycles. The molecule has 0 fully saturated rings. The third kappa shape index (κ3) is 22.2. The maximum absolute atomic E-state index is 6.10. The van der Waals surface area contributed by atoms with Crippen molar-refractivity contribution in [3.8, 4) is 11.5 Å². The van der Waals surface area contributed by atoms with Crippen LogP contribution in [-0.2, 0) is 5.33 Å². The van der Waals surface area contributed by atoms with E-state index in [2.05, 4.69) is 48.0 Å². The van der Waals surface area contributed by atoms with Crippen molar-refractivity contribution in [3.05, 3.63) is 23.8 Å². The van der Waals surface area contributed by atoms with Crippen LogP contribution in [0.5, 0.6) is 11.5 Å². The molecule has 0 atom stereocenters. The highest BCUT2D eigenvalue weighted by molar-refractivity contribution is 9.08. The highest BCUT2D eigenvalue weighted by atomic mass is 79.9. The Labute approximate surface area is 246 Å². The summed E-state index contributed by atoms with van der Waals surface area (Å²) < 4.78 is 12.2. The second kappa shape index (κ2) is 27.9. The van der Waals surface area contributed by atoms with Gasteiger partial charge in [-0.3, -0.25) is 0 Å². The number of unbranched alkanes of at least 4 members (excludes halogenated alkanes) is 22. The van der Waals surface area contributed by atoms with Crippen LogP contribution in [-0.4, -0.2) is 13.2 Å². The zero-order valence-electron chi connectivity index (χ0n) is 25.5. The zero-order chi connectivity index (χ0) is 27.4. The van der Waals surface area contributed by atoms with Crippen molar-refractivity contribution in [3.63, 3.8) is 0 Å². The Balaban J connectivity index is 2.03. The molecule has 0 spiro atoms. The fourth-order valence-corrected chi connectivity index (χ4v) is 5.46. The topological polar surface area (TPSA) is 18.5 Å². The average Bonchev–Trinajstić information content (AvgIpc) is 2.93. The molecule has 0 aliphatic carbocycles. The van der Waals surface area contributed by atoms with Crippen molar-refractivity contribution in [2.75, 3.05) is 13.2 Å². The predicted molar refractivity (Wildman–Crippen MR) is 172 cm³/mol. The Bertz CT molecular complexity index is 570. The second-order valence-electron chi connectivity index (χ2n) is 11.4. The van der Waals surface area contributed by atoms with Crippen molar-refractivity contribution in [1.29, 1.82) is 0 Å². The minimum atomic E-state index is 0.807. The highest BCUT2D eigenvalue weighted by Gasteiger charge is 2.04. The van der Waals surface area contributed by atoms with Gasteiger partial charge in [-0.15, -0.1) is 0 Å². The van der Waals surface area contributed by atoms with Gasteiger partial charge in [-0.1, -0.05) is 171 Å². The lowest BCUT2D eigenvalue weighted by molar-refractivity contribution is 0.289. The van der Waals surface area contributed by atoms with Crippen LogP contribution in [0.1, 0.15) is 174 Å². The van der Waals surface area contributed by atoms with Crippen LogP contribution < -0.4 is 9.47 Å². The van der Waals surface area contributed by atoms with Gasteiger partial charge in [0, 0.05) is 11.4 Å². The largest absolute Gasteiger partial charge is 0.493 e. The molecule has 0 bridgehead atoms. The first kappa shape index (κ1) is 35.3. The van der Waals surface area contributed by atoms with Crippen molar-refractivity contribution in [2.24, 2.45) is 0 Å². The molecule has 0 radical (unpaired) electrons. The number of ether oxygens (including phenoxy) is 2. The van der Waals surface area contributed by atoms with E-state index in [1.54, 1.807) is 0 Å². The lowest BCUT2D eigenvalue weighted by Gasteiger charge is -2.12. The number of hydrogen-bond donors (Lipinski definition) is 0. The molecule has 0 aliphatic rings. The van der Waals surface area contributed by atoms with E-state index in [4.69, 9.17) is 9.47 Å². The van der Waals surface area contributed by atoms with Crippen LogP contribution in [0.4, 0.5) is 0 Å². The van der Waals surface area contributed by atoms with Crippen LogP contribution in [0.25, 0.3) is 0 Å². The summed E-state index contributed by atoms with van der Waals surface area (Å²) in [5, 5.41) is 0.831. The molecule has 0 aliphatic heterocycles. The van der Waals surface area contributed by atoms with Gasteiger partial charge in [0.25, 0.3) is 0 Å². The molecule has 0 heterocycles. The van der Waals surface area contributed by atoms with Gasteiger partial charge in [-0.25, -0.2) is 0 Å². The molecule has 0 saturated carbocycles. The van der Waals surface area contributed by atoms with Gasteiger partial charge in [-0.2, -0.15) is 0 Å². The Morgan fingerprint density at radius 3 is 1.00 bits per heavy atom. The molecule has 1 aromatic carbocycles. The summed E-state index contributed by atoms with van der Waals surface area (Å²) in [6.07, 6.45) is 32.9. The number of benzene rings is 1. The van der Waals surface area contributed by atoms with E-state index in [1.165, 1.54) is 147 Å². The molecule has 0 saturated heterocycles. The minimum Gasteiger partial charge on any atom is -0.493 e. The summed E-state index contributed by atoms with van der Waals surface area (Å²) in [5.41, 5.74) is 1.22. The molecular formula is C35H63BrO2. The van der Waals surface area contributed by atoms with Crippen LogP contribution in [0.3, 0.4) is 0 Å². The zero-order valence-corrected chi connectivity index (χ0v) is 27.1. The highest BCUT2D eigenvalue weighted by Crippen LogP contribution is 2.25. The molecule has 0 amide bonds. The van der Waals surface area contributed by atoms with Gasteiger partial charge in [0.15, 0.2) is 0 Å². The molecule has 0 N–H and O–H groups in total. The molecule has 38 heavy (non-hydrogen) atoms. The molecule has 3 heteroatoms. The summed E-state index contributed by atoms with van der Waals surface area (Å²) in [6.45, 7) is 6.19. The first-order chi connectivity index (χ1) is 18.8. The van der Waals surface area contributed by atoms with Crippen molar-refractivity contribution in [2.45, 2.75) is 173 Å². The molecular weight excluding hydrogens is 532 g/mol. The molecule has 1 aromatic rings. The third-order valence-electron chi connectivity index (χ3n) is 7.63. The van der Waals surface area contributed by atoms with Gasteiger partial charge in [0.05, 0.1) is 13.2 Å². The van der Waals surface area contributed by atoms with Gasteiger partial charge >= 0.3 is 0 Å². The number of halogens is 1. The first-order valence-electron chi connectivity index (χ1n) is 16.8. The summed E-state index contributed by atoms with van der Waals surface area (Å²) in [7, 11) is 0. The Kier molecular flexibility index (Phi) is 25.9. The maximum Gasteiger partial charge on any atom is 0.123 e. The van der Waals surface area contributed by atoms with Gasteiger partial charge < -0.3 is 9.47 Å². The normalized spacial score (nSPS) is 11.2. The molecule has 0 unspecified atom stereocenters. The first-order valence-corrected chi connectivity index (χ1v) is 17.9. The standard InChI is InChI=1S/C35H63BrO2/c1-3-5-7-9-11-13-15-17-19-21-23-25-27-37-34-29-33(32-36)30-35(31-34)38-28-26-24-22-20-18-16-14-12-10-8-6-4-2/h29-31H,3-28,32H2,1-2H3. The van der Waals surface area contributed by atoms with Crippen LogP contribution >= 0.6 is 15.9 Å². The summed E-state index contributed by atoms with van der Waals surface area (Å²) >= 11 is 3.60. The fourth-order valence-electron chi connectivity index (χ4n) is 5.14. The lowest BCUT2D eigenvalue weighted by atomic mass is 10.1. The second-order valence-corrected chi connectivity index (χ2v) is 12.0. The minimum absolute atomic E-state index is 0.807. The van der Waals surface area contributed by atoms with Gasteiger partial charge in [0.2, 0.25) is 0 Å². The molecule has 2 nitrogen and oxygen atoms in total. The van der Waals surface area contributed by atoms with E-state index >= 15 is 0 Å². The van der Waals surface area contributed by atoms with E-state index in [9.17, 15) is 0 Å². The molecule has 222 valence electrons. The fraction of sp³-hybridized carbons (Fsp3) is 0.829. The van der Waals surface area contributed by atoms with Crippen molar-refractivity contribution in [1.82, 2.24) is 0 Å². The van der Waals surface area contributed by atoms with Gasteiger partial charge in [0.1, 0.15) is 11.5 Å². The Morgan fingerprint density at radius 2 is 0.711 bits per heavy atom. The number of alkyl halides is 1. The van der Waals surface area contributed by atoms with Crippen molar-refractivity contribution < 1.29 is 9.47 Å². The SMILES string of the molecule is CCCCCCCCCCCCCCOc1cc(CBr)cc(OCCCCCCCCCCCCCC)c1. The van der Waals surface area contributed by atoms with Crippen LogP contribution in [0.15, 0.2) is 18.2 Å². The summed E-state index contributed by atoms with van der Waals surface area (Å²) in [4.78, 5) is 0. The molecule has 1 rings (SSSR count). The monoisotopic (exact) mass is 594 g/mol. The Morgan fingerprint density at radius 1 is 0.421 bits per heavy atom. The number of hydrogen-bond acceptors (Lipinski definition) is 2.